The van der Waals surface area contributed by atoms with Gasteiger partial charge in [-0.2, -0.15) is 0 Å². The molecule has 176 valence electrons. The molecule has 1 amide bonds. The van der Waals surface area contributed by atoms with Gasteiger partial charge in [-0.3, -0.25) is 9.59 Å². The van der Waals surface area contributed by atoms with Crippen molar-refractivity contribution in [2.45, 2.75) is 45.6 Å². The number of halogens is 1. The highest BCUT2D eigenvalue weighted by atomic mass is 35.5. The van der Waals surface area contributed by atoms with E-state index >= 15 is 0 Å². The smallest absolute Gasteiger partial charge is 0.220 e. The molecule has 2 aromatic rings. The maximum Gasteiger partial charge on any atom is 0.220 e. The maximum atomic E-state index is 12.0. The monoisotopic (exact) mass is 461 g/mol. The molecule has 1 aliphatic rings. The number of nitrogens with two attached hydrogens (primary N) is 1. The fourth-order valence-electron chi connectivity index (χ4n) is 3.48. The summed E-state index contributed by atoms with van der Waals surface area (Å²) in [5.41, 5.74) is 8.46. The van der Waals surface area contributed by atoms with Gasteiger partial charge in [-0.15, -0.1) is 0 Å². The Balaban J connectivity index is 0.000000388. The van der Waals surface area contributed by atoms with Crippen LogP contribution in [0.2, 0.25) is 5.02 Å². The Morgan fingerprint density at radius 1 is 1.25 bits per heavy atom. The number of rotatable bonds is 6. The number of benzene rings is 2. The summed E-state index contributed by atoms with van der Waals surface area (Å²) >= 11 is 5.55. The van der Waals surface area contributed by atoms with Gasteiger partial charge in [0, 0.05) is 48.9 Å². The molecule has 1 heterocycles. The number of methoxy groups -OCH3 is 1. The third-order valence-electron chi connectivity index (χ3n) is 5.25. The molecule has 0 fully saturated rings. The number of hydrogen-bond acceptors (Lipinski definition) is 5. The van der Waals surface area contributed by atoms with E-state index in [1.165, 1.54) is 11.3 Å². The molecular formula is C25H36ClN3O3. The van der Waals surface area contributed by atoms with Crippen LogP contribution in [0.5, 0.6) is 5.75 Å². The van der Waals surface area contributed by atoms with Crippen LogP contribution < -0.4 is 20.7 Å². The molecule has 0 aromatic heterocycles. The summed E-state index contributed by atoms with van der Waals surface area (Å²) in [7, 11) is 3.76. The van der Waals surface area contributed by atoms with Crippen LogP contribution in [0, 0.1) is 0 Å². The summed E-state index contributed by atoms with van der Waals surface area (Å²) in [5, 5.41) is 3.51. The van der Waals surface area contributed by atoms with Crippen LogP contribution in [0.4, 0.5) is 5.69 Å². The molecule has 1 aliphatic heterocycles. The first-order valence-corrected chi connectivity index (χ1v) is 11.4. The molecule has 0 saturated heterocycles. The molecule has 0 spiro atoms. The standard InChI is InChI=1S/C16H25N3O2.C7H5ClO.C2H6/c1-11-8-12(9-16(20)18-7-6-17)14-10-13(21-3)4-5-15(14)19(11)2;8-7-3-1-6(5-9)2-4-7;1-2/h4-5,10-12H,6-9,17H2,1-3H3,(H,18,20);1-5H;1-2H3. The van der Waals surface area contributed by atoms with Crippen LogP contribution in [0.1, 0.15) is 55.5 Å². The maximum absolute atomic E-state index is 12.0. The second-order valence-electron chi connectivity index (χ2n) is 7.33. The third kappa shape index (κ3) is 8.17. The van der Waals surface area contributed by atoms with Crippen LogP contribution in [-0.4, -0.2) is 45.5 Å². The van der Waals surface area contributed by atoms with Crippen molar-refractivity contribution in [3.8, 4) is 5.75 Å². The molecule has 3 N–H and O–H groups in total. The van der Waals surface area contributed by atoms with Crippen molar-refractivity contribution in [2.24, 2.45) is 5.73 Å². The number of ether oxygens (including phenoxy) is 1. The number of carbonyl (C=O) groups is 2. The van der Waals surface area contributed by atoms with Gasteiger partial charge in [-0.1, -0.05) is 37.6 Å². The number of nitrogens with one attached hydrogen (secondary N) is 1. The molecule has 0 aliphatic carbocycles. The molecule has 2 atom stereocenters. The predicted octanol–water partition coefficient (Wildman–Crippen LogP) is 4.65. The Labute approximate surface area is 197 Å². The van der Waals surface area contributed by atoms with Crippen LogP contribution >= 0.6 is 11.6 Å². The first-order valence-electron chi connectivity index (χ1n) is 11.0. The van der Waals surface area contributed by atoms with Gasteiger partial charge in [0.25, 0.3) is 0 Å². The van der Waals surface area contributed by atoms with Crippen molar-refractivity contribution in [2.75, 3.05) is 32.1 Å². The summed E-state index contributed by atoms with van der Waals surface area (Å²) in [4.78, 5) is 24.4. The van der Waals surface area contributed by atoms with Gasteiger partial charge in [0.15, 0.2) is 0 Å². The fraction of sp³-hybridized carbons (Fsp3) is 0.440. The van der Waals surface area contributed by atoms with Crippen molar-refractivity contribution in [3.63, 3.8) is 0 Å². The summed E-state index contributed by atoms with van der Waals surface area (Å²) in [6.45, 7) is 7.20. The van der Waals surface area contributed by atoms with E-state index < -0.39 is 0 Å². The third-order valence-corrected chi connectivity index (χ3v) is 5.50. The van der Waals surface area contributed by atoms with Gasteiger partial charge in [0.2, 0.25) is 5.91 Å². The highest BCUT2D eigenvalue weighted by molar-refractivity contribution is 6.30. The number of anilines is 1. The van der Waals surface area contributed by atoms with E-state index in [1.54, 1.807) is 31.4 Å². The predicted molar refractivity (Wildman–Crippen MR) is 133 cm³/mol. The van der Waals surface area contributed by atoms with Crippen molar-refractivity contribution in [3.05, 3.63) is 58.6 Å². The molecular weight excluding hydrogens is 426 g/mol. The summed E-state index contributed by atoms with van der Waals surface area (Å²) in [5.74, 6) is 1.12. The van der Waals surface area contributed by atoms with E-state index in [4.69, 9.17) is 22.1 Å². The molecule has 2 aromatic carbocycles. The van der Waals surface area contributed by atoms with Gasteiger partial charge >= 0.3 is 0 Å². The minimum absolute atomic E-state index is 0.0657. The lowest BCUT2D eigenvalue weighted by Gasteiger charge is -2.38. The molecule has 32 heavy (non-hydrogen) atoms. The number of carbonyl (C=O) groups excluding carboxylic acids is 2. The van der Waals surface area contributed by atoms with Crippen molar-refractivity contribution in [1.82, 2.24) is 5.32 Å². The Bertz CT molecular complexity index is 843. The van der Waals surface area contributed by atoms with Crippen molar-refractivity contribution in [1.29, 1.82) is 0 Å². The van der Waals surface area contributed by atoms with Crippen LogP contribution in [-0.2, 0) is 4.79 Å². The number of aldehydes is 1. The summed E-state index contributed by atoms with van der Waals surface area (Å²) in [6.07, 6.45) is 2.25. The highest BCUT2D eigenvalue weighted by Gasteiger charge is 2.29. The van der Waals surface area contributed by atoms with Crippen LogP contribution in [0.15, 0.2) is 42.5 Å². The Kier molecular flexibility index (Phi) is 12.4. The molecule has 3 rings (SSSR count). The number of fused-ring (bicyclic) bond motifs is 1. The van der Waals surface area contributed by atoms with Crippen molar-refractivity contribution < 1.29 is 14.3 Å². The van der Waals surface area contributed by atoms with E-state index in [0.717, 1.165) is 18.5 Å². The van der Waals surface area contributed by atoms with Crippen LogP contribution in [0.3, 0.4) is 0 Å². The largest absolute Gasteiger partial charge is 0.497 e. The lowest BCUT2D eigenvalue weighted by Crippen LogP contribution is -2.37. The van der Waals surface area contributed by atoms with Crippen molar-refractivity contribution >= 4 is 29.5 Å². The number of amides is 1. The summed E-state index contributed by atoms with van der Waals surface area (Å²) in [6, 6.07) is 13.2. The van der Waals surface area contributed by atoms with Gasteiger partial charge < -0.3 is 20.7 Å². The van der Waals surface area contributed by atoms with E-state index in [-0.39, 0.29) is 11.8 Å². The first-order chi connectivity index (χ1) is 15.4. The average Bonchev–Trinajstić information content (AvgIpc) is 2.83. The SMILES string of the molecule is CC.COc1ccc2c(c1)C(CC(=O)NCCN)CC(C)N2C.O=Cc1ccc(Cl)cc1. The second kappa shape index (κ2) is 14.5. The molecule has 6 nitrogen and oxygen atoms in total. The normalized spacial score (nSPS) is 16.4. The number of nitrogens with zero attached hydrogens (tertiary/aromatic N) is 1. The second-order valence-corrected chi connectivity index (χ2v) is 7.77. The summed E-state index contributed by atoms with van der Waals surface area (Å²) < 4.78 is 5.32. The minimum Gasteiger partial charge on any atom is -0.497 e. The molecule has 7 heteroatoms. The van der Waals surface area contributed by atoms with Gasteiger partial charge in [-0.25, -0.2) is 0 Å². The average molecular weight is 462 g/mol. The van der Waals surface area contributed by atoms with Crippen LogP contribution in [0.25, 0.3) is 0 Å². The van der Waals surface area contributed by atoms with E-state index in [0.29, 0.717) is 36.1 Å². The van der Waals surface area contributed by atoms with E-state index in [1.807, 2.05) is 19.9 Å². The Morgan fingerprint density at radius 2 is 1.91 bits per heavy atom. The zero-order chi connectivity index (χ0) is 24.1. The minimum atomic E-state index is 0.0657. The lowest BCUT2D eigenvalue weighted by molar-refractivity contribution is -0.121. The zero-order valence-corrected chi connectivity index (χ0v) is 20.5. The Hall–Kier alpha value is -2.57. The van der Waals surface area contributed by atoms with Gasteiger partial charge in [-0.05, 0) is 55.2 Å². The van der Waals surface area contributed by atoms with Gasteiger partial charge in [0.05, 0.1) is 7.11 Å². The molecule has 0 saturated carbocycles. The highest BCUT2D eigenvalue weighted by Crippen LogP contribution is 2.41. The molecule has 0 bridgehead atoms. The van der Waals surface area contributed by atoms with E-state index in [9.17, 15) is 9.59 Å². The molecule has 2 unspecified atom stereocenters. The van der Waals surface area contributed by atoms with Gasteiger partial charge in [0.1, 0.15) is 12.0 Å². The Morgan fingerprint density at radius 3 is 2.47 bits per heavy atom. The number of hydrogen-bond donors (Lipinski definition) is 2. The zero-order valence-electron chi connectivity index (χ0n) is 19.7. The van der Waals surface area contributed by atoms with E-state index in [2.05, 4.69) is 36.3 Å². The quantitative estimate of drug-likeness (QED) is 0.611. The molecule has 0 radical (unpaired) electrons. The lowest BCUT2D eigenvalue weighted by atomic mass is 9.84. The topological polar surface area (TPSA) is 84.7 Å². The fourth-order valence-corrected chi connectivity index (χ4v) is 3.61. The first kappa shape index (κ1) is 27.5.